The topological polar surface area (TPSA) is 54.3 Å². The van der Waals surface area contributed by atoms with E-state index in [1.807, 2.05) is 19.1 Å². The molecule has 1 heterocycles. The van der Waals surface area contributed by atoms with E-state index in [0.717, 1.165) is 5.76 Å². The first kappa shape index (κ1) is 15.1. The summed E-state index contributed by atoms with van der Waals surface area (Å²) in [6.45, 7) is 4.58. The van der Waals surface area contributed by atoms with Crippen LogP contribution in [0.5, 0.6) is 0 Å². The minimum atomic E-state index is -0.165. The highest BCUT2D eigenvalue weighted by Crippen LogP contribution is 2.26. The van der Waals surface area contributed by atoms with Gasteiger partial charge in [0.05, 0.1) is 18.8 Å². The van der Waals surface area contributed by atoms with Gasteiger partial charge in [0.1, 0.15) is 5.76 Å². The summed E-state index contributed by atoms with van der Waals surface area (Å²) < 4.78 is 5.20. The van der Waals surface area contributed by atoms with Crippen molar-refractivity contribution >= 4 is 5.91 Å². The molecule has 0 bridgehead atoms. The molecule has 1 amide bonds. The molecule has 0 spiro atoms. The molecule has 0 radical (unpaired) electrons. The van der Waals surface area contributed by atoms with Crippen LogP contribution in [0.25, 0.3) is 0 Å². The molecule has 112 valence electrons. The van der Waals surface area contributed by atoms with E-state index in [-0.39, 0.29) is 11.9 Å². The molecule has 0 aromatic carbocycles. The van der Waals surface area contributed by atoms with E-state index in [1.54, 1.807) is 6.26 Å². The zero-order chi connectivity index (χ0) is 14.4. The molecule has 4 heteroatoms. The Morgan fingerprint density at radius 3 is 2.75 bits per heavy atom. The largest absolute Gasteiger partial charge is 0.467 e. The Morgan fingerprint density at radius 1 is 1.35 bits per heavy atom. The summed E-state index contributed by atoms with van der Waals surface area (Å²) >= 11 is 0. The third kappa shape index (κ3) is 4.37. The van der Waals surface area contributed by atoms with Crippen molar-refractivity contribution in [2.75, 3.05) is 0 Å². The maximum Gasteiger partial charge on any atom is 0.237 e. The van der Waals surface area contributed by atoms with Gasteiger partial charge in [-0.25, -0.2) is 0 Å². The third-order valence-corrected chi connectivity index (χ3v) is 4.28. The lowest BCUT2D eigenvalue weighted by Crippen LogP contribution is -2.48. The van der Waals surface area contributed by atoms with Crippen LogP contribution in [0.2, 0.25) is 0 Å². The molecule has 4 nitrogen and oxygen atoms in total. The van der Waals surface area contributed by atoms with Gasteiger partial charge in [-0.15, -0.1) is 0 Å². The molecule has 1 aromatic heterocycles. The Balaban J connectivity index is 1.72. The fourth-order valence-corrected chi connectivity index (χ4v) is 2.98. The zero-order valence-electron chi connectivity index (χ0n) is 12.5. The second-order valence-corrected chi connectivity index (χ2v) is 5.87. The van der Waals surface area contributed by atoms with Crippen molar-refractivity contribution in [2.24, 2.45) is 5.92 Å². The average molecular weight is 278 g/mol. The molecule has 1 aliphatic carbocycles. The molecule has 1 unspecified atom stereocenters. The van der Waals surface area contributed by atoms with Crippen molar-refractivity contribution in [3.8, 4) is 0 Å². The molecule has 20 heavy (non-hydrogen) atoms. The monoisotopic (exact) mass is 278 g/mol. The van der Waals surface area contributed by atoms with Crippen LogP contribution in [0.4, 0.5) is 0 Å². The van der Waals surface area contributed by atoms with E-state index < -0.39 is 0 Å². The van der Waals surface area contributed by atoms with Crippen LogP contribution >= 0.6 is 0 Å². The number of nitrogens with one attached hydrogen (secondary N) is 2. The van der Waals surface area contributed by atoms with Crippen molar-refractivity contribution in [2.45, 2.75) is 64.6 Å². The molecule has 0 saturated heterocycles. The SMILES string of the molecule is CC(N[C@H](C)C1CCCCC1)C(=O)NCc1ccco1. The quantitative estimate of drug-likeness (QED) is 0.841. The predicted molar refractivity (Wildman–Crippen MR) is 79.2 cm³/mol. The number of carbonyl (C=O) groups excluding carboxylic acids is 1. The average Bonchev–Trinajstić information content (AvgIpc) is 2.98. The fourth-order valence-electron chi connectivity index (χ4n) is 2.98. The van der Waals surface area contributed by atoms with Crippen molar-refractivity contribution in [1.29, 1.82) is 0 Å². The van der Waals surface area contributed by atoms with Gasteiger partial charge in [0, 0.05) is 6.04 Å². The lowest BCUT2D eigenvalue weighted by atomic mass is 9.84. The summed E-state index contributed by atoms with van der Waals surface area (Å²) in [5, 5.41) is 6.33. The van der Waals surface area contributed by atoms with Crippen molar-refractivity contribution in [3.05, 3.63) is 24.2 Å². The van der Waals surface area contributed by atoms with E-state index in [1.165, 1.54) is 32.1 Å². The standard InChI is InChI=1S/C16H26N2O2/c1-12(14-7-4-3-5-8-14)18-13(2)16(19)17-11-15-9-6-10-20-15/h6,9-10,12-14,18H,3-5,7-8,11H2,1-2H3,(H,17,19)/t12-,13?/m1/s1. The van der Waals surface area contributed by atoms with Gasteiger partial charge in [-0.3, -0.25) is 4.79 Å². The summed E-state index contributed by atoms with van der Waals surface area (Å²) in [6.07, 6.45) is 8.21. The molecular formula is C16H26N2O2. The molecule has 2 atom stereocenters. The highest BCUT2D eigenvalue weighted by Gasteiger charge is 2.23. The van der Waals surface area contributed by atoms with Gasteiger partial charge in [-0.1, -0.05) is 19.3 Å². The second-order valence-electron chi connectivity index (χ2n) is 5.87. The Labute approximate surface area is 121 Å². The van der Waals surface area contributed by atoms with Gasteiger partial charge in [-0.05, 0) is 44.7 Å². The van der Waals surface area contributed by atoms with Gasteiger partial charge in [0.25, 0.3) is 0 Å². The van der Waals surface area contributed by atoms with Crippen LogP contribution in [0.1, 0.15) is 51.7 Å². The normalized spacial score (nSPS) is 19.5. The van der Waals surface area contributed by atoms with Crippen LogP contribution < -0.4 is 10.6 Å². The van der Waals surface area contributed by atoms with Crippen molar-refractivity contribution in [1.82, 2.24) is 10.6 Å². The number of furan rings is 1. The summed E-state index contributed by atoms with van der Waals surface area (Å²) in [6, 6.07) is 3.93. The molecule has 0 aliphatic heterocycles. The van der Waals surface area contributed by atoms with Crippen LogP contribution in [0.15, 0.2) is 22.8 Å². The first-order valence-electron chi connectivity index (χ1n) is 7.73. The van der Waals surface area contributed by atoms with Gasteiger partial charge >= 0.3 is 0 Å². The van der Waals surface area contributed by atoms with Gasteiger partial charge in [0.2, 0.25) is 5.91 Å². The van der Waals surface area contributed by atoms with E-state index in [2.05, 4.69) is 17.6 Å². The first-order valence-corrected chi connectivity index (χ1v) is 7.73. The van der Waals surface area contributed by atoms with Crippen LogP contribution in [0, 0.1) is 5.92 Å². The Hall–Kier alpha value is -1.29. The lowest BCUT2D eigenvalue weighted by Gasteiger charge is -2.30. The van der Waals surface area contributed by atoms with Crippen LogP contribution in [-0.4, -0.2) is 18.0 Å². The summed E-state index contributed by atoms with van der Waals surface area (Å²) in [4.78, 5) is 12.0. The predicted octanol–water partition coefficient (Wildman–Crippen LogP) is 2.84. The molecule has 1 aromatic rings. The number of amides is 1. The minimum absolute atomic E-state index is 0.0315. The number of hydrogen-bond acceptors (Lipinski definition) is 3. The molecule has 1 fully saturated rings. The summed E-state index contributed by atoms with van der Waals surface area (Å²) in [5.41, 5.74) is 0. The molecule has 1 aliphatic rings. The third-order valence-electron chi connectivity index (χ3n) is 4.28. The van der Waals surface area contributed by atoms with Crippen molar-refractivity contribution in [3.63, 3.8) is 0 Å². The second kappa shape index (κ2) is 7.48. The molecule has 1 saturated carbocycles. The van der Waals surface area contributed by atoms with Gasteiger partial charge in [-0.2, -0.15) is 0 Å². The summed E-state index contributed by atoms with van der Waals surface area (Å²) in [7, 11) is 0. The van der Waals surface area contributed by atoms with E-state index in [0.29, 0.717) is 18.5 Å². The number of rotatable bonds is 6. The fraction of sp³-hybridized carbons (Fsp3) is 0.688. The van der Waals surface area contributed by atoms with E-state index >= 15 is 0 Å². The smallest absolute Gasteiger partial charge is 0.237 e. The van der Waals surface area contributed by atoms with Gasteiger partial charge < -0.3 is 15.1 Å². The molecule has 2 N–H and O–H groups in total. The summed E-state index contributed by atoms with van der Waals surface area (Å²) in [5.74, 6) is 1.53. The lowest BCUT2D eigenvalue weighted by molar-refractivity contribution is -0.123. The first-order chi connectivity index (χ1) is 9.66. The number of hydrogen-bond donors (Lipinski definition) is 2. The maximum atomic E-state index is 12.0. The number of carbonyl (C=O) groups is 1. The van der Waals surface area contributed by atoms with Gasteiger partial charge in [0.15, 0.2) is 0 Å². The molecule has 2 rings (SSSR count). The molecular weight excluding hydrogens is 252 g/mol. The van der Waals surface area contributed by atoms with E-state index in [4.69, 9.17) is 4.42 Å². The van der Waals surface area contributed by atoms with Crippen LogP contribution in [-0.2, 0) is 11.3 Å². The Morgan fingerprint density at radius 2 is 2.10 bits per heavy atom. The highest BCUT2D eigenvalue weighted by atomic mass is 16.3. The minimum Gasteiger partial charge on any atom is -0.467 e. The maximum absolute atomic E-state index is 12.0. The van der Waals surface area contributed by atoms with Crippen LogP contribution in [0.3, 0.4) is 0 Å². The Bertz CT molecular complexity index is 397. The Kier molecular flexibility index (Phi) is 5.65. The van der Waals surface area contributed by atoms with Crippen molar-refractivity contribution < 1.29 is 9.21 Å². The highest BCUT2D eigenvalue weighted by molar-refractivity contribution is 5.81. The van der Waals surface area contributed by atoms with E-state index in [9.17, 15) is 4.79 Å². The zero-order valence-corrected chi connectivity index (χ0v) is 12.5.